The molecular formula is C15H27N3O. The molecule has 4 bridgehead atoms. The molecule has 4 heterocycles. The van der Waals surface area contributed by atoms with Crippen LogP contribution in [0.5, 0.6) is 0 Å². The third kappa shape index (κ3) is 1.88. The molecule has 4 atom stereocenters. The van der Waals surface area contributed by atoms with E-state index in [2.05, 4.69) is 16.8 Å². The van der Waals surface area contributed by atoms with Crippen LogP contribution in [-0.2, 0) is 4.74 Å². The van der Waals surface area contributed by atoms with Crippen LogP contribution in [0.2, 0.25) is 0 Å². The molecule has 0 amide bonds. The van der Waals surface area contributed by atoms with Crippen molar-refractivity contribution in [2.24, 2.45) is 5.73 Å². The van der Waals surface area contributed by atoms with Gasteiger partial charge >= 0.3 is 0 Å². The number of piperidine rings is 1. The summed E-state index contributed by atoms with van der Waals surface area (Å²) in [5, 5.41) is 0. The molecule has 2 N–H and O–H groups in total. The van der Waals surface area contributed by atoms with Gasteiger partial charge in [-0.25, -0.2) is 0 Å². The van der Waals surface area contributed by atoms with Gasteiger partial charge in [0.25, 0.3) is 0 Å². The molecule has 4 saturated heterocycles. The van der Waals surface area contributed by atoms with Gasteiger partial charge in [0.1, 0.15) is 0 Å². The van der Waals surface area contributed by atoms with E-state index >= 15 is 0 Å². The summed E-state index contributed by atoms with van der Waals surface area (Å²) in [5.74, 6) is 0. The summed E-state index contributed by atoms with van der Waals surface area (Å²) in [6, 6.07) is 1.53. The van der Waals surface area contributed by atoms with Crippen molar-refractivity contribution in [1.82, 2.24) is 9.80 Å². The minimum Gasteiger partial charge on any atom is -0.372 e. The maximum atomic E-state index is 6.28. The van der Waals surface area contributed by atoms with Crippen LogP contribution in [0.15, 0.2) is 0 Å². The molecule has 0 spiro atoms. The topological polar surface area (TPSA) is 41.7 Å². The highest BCUT2D eigenvalue weighted by Gasteiger charge is 2.51. The molecule has 19 heavy (non-hydrogen) atoms. The molecule has 4 rings (SSSR count). The lowest BCUT2D eigenvalue weighted by molar-refractivity contribution is -0.0974. The second-order valence-corrected chi connectivity index (χ2v) is 7.25. The van der Waals surface area contributed by atoms with Gasteiger partial charge < -0.3 is 15.4 Å². The smallest absolute Gasteiger partial charge is 0.0707 e. The van der Waals surface area contributed by atoms with Gasteiger partial charge in [-0.05, 0) is 45.6 Å². The van der Waals surface area contributed by atoms with E-state index in [9.17, 15) is 0 Å². The van der Waals surface area contributed by atoms with E-state index in [0.29, 0.717) is 12.2 Å². The van der Waals surface area contributed by atoms with Gasteiger partial charge in [0.05, 0.1) is 12.2 Å². The van der Waals surface area contributed by atoms with E-state index in [4.69, 9.17) is 10.5 Å². The van der Waals surface area contributed by atoms with E-state index in [-0.39, 0.29) is 5.54 Å². The molecule has 4 unspecified atom stereocenters. The standard InChI is InChI=1S/C15H27N3O/c1-17-11-2-3-12(17)7-15(6-11,10-16)18-8-13-4-5-14(9-18)19-13/h11-14H,2-10,16H2,1H3. The Bertz CT molecular complexity index is 335. The zero-order chi connectivity index (χ0) is 13.0. The van der Waals surface area contributed by atoms with Crippen LogP contribution in [-0.4, -0.2) is 66.3 Å². The third-order valence-corrected chi connectivity index (χ3v) is 6.31. The lowest BCUT2D eigenvalue weighted by Gasteiger charge is -2.53. The predicted molar refractivity (Wildman–Crippen MR) is 75.1 cm³/mol. The van der Waals surface area contributed by atoms with Crippen molar-refractivity contribution in [2.45, 2.75) is 68.4 Å². The molecule has 4 fully saturated rings. The highest BCUT2D eigenvalue weighted by Crippen LogP contribution is 2.44. The molecule has 4 aliphatic heterocycles. The van der Waals surface area contributed by atoms with Crippen LogP contribution in [0, 0.1) is 0 Å². The minimum atomic E-state index is 0.267. The summed E-state index contributed by atoms with van der Waals surface area (Å²) >= 11 is 0. The van der Waals surface area contributed by atoms with Gasteiger partial charge in [-0.1, -0.05) is 0 Å². The van der Waals surface area contributed by atoms with Crippen molar-refractivity contribution in [2.75, 3.05) is 26.7 Å². The first kappa shape index (κ1) is 12.6. The Morgan fingerprint density at radius 3 is 2.16 bits per heavy atom. The van der Waals surface area contributed by atoms with Crippen molar-refractivity contribution < 1.29 is 4.74 Å². The fourth-order valence-corrected chi connectivity index (χ4v) is 5.10. The first-order valence-corrected chi connectivity index (χ1v) is 8.03. The van der Waals surface area contributed by atoms with E-state index in [1.165, 1.54) is 38.5 Å². The Labute approximate surface area is 116 Å². The zero-order valence-electron chi connectivity index (χ0n) is 12.1. The van der Waals surface area contributed by atoms with Crippen molar-refractivity contribution in [3.63, 3.8) is 0 Å². The van der Waals surface area contributed by atoms with E-state index < -0.39 is 0 Å². The fraction of sp³-hybridized carbons (Fsp3) is 1.00. The lowest BCUT2D eigenvalue weighted by Crippen LogP contribution is -2.65. The van der Waals surface area contributed by atoms with Gasteiger partial charge in [0.15, 0.2) is 0 Å². The number of morpholine rings is 1. The van der Waals surface area contributed by atoms with Crippen LogP contribution < -0.4 is 5.73 Å². The molecule has 0 radical (unpaired) electrons. The van der Waals surface area contributed by atoms with Crippen LogP contribution in [0.4, 0.5) is 0 Å². The van der Waals surface area contributed by atoms with Gasteiger partial charge in [-0.15, -0.1) is 0 Å². The van der Waals surface area contributed by atoms with Crippen LogP contribution in [0.3, 0.4) is 0 Å². The van der Waals surface area contributed by atoms with Crippen molar-refractivity contribution in [3.8, 4) is 0 Å². The van der Waals surface area contributed by atoms with Crippen LogP contribution >= 0.6 is 0 Å². The summed E-state index contributed by atoms with van der Waals surface area (Å²) in [4.78, 5) is 5.33. The summed E-state index contributed by atoms with van der Waals surface area (Å²) in [6.07, 6.45) is 8.79. The molecule has 0 aromatic heterocycles. The number of nitrogens with zero attached hydrogens (tertiary/aromatic N) is 2. The predicted octanol–water partition coefficient (Wildman–Crippen LogP) is 0.804. The quantitative estimate of drug-likeness (QED) is 0.802. The maximum absolute atomic E-state index is 6.28. The highest BCUT2D eigenvalue weighted by atomic mass is 16.5. The van der Waals surface area contributed by atoms with E-state index in [1.54, 1.807) is 0 Å². The molecule has 4 heteroatoms. The first-order valence-electron chi connectivity index (χ1n) is 8.03. The Kier molecular flexibility index (Phi) is 2.92. The van der Waals surface area contributed by atoms with Gasteiger partial charge in [-0.3, -0.25) is 4.90 Å². The molecule has 4 aliphatic rings. The van der Waals surface area contributed by atoms with E-state index in [1.807, 2.05) is 0 Å². The summed E-state index contributed by atoms with van der Waals surface area (Å²) in [5.41, 5.74) is 6.54. The summed E-state index contributed by atoms with van der Waals surface area (Å²) in [6.45, 7) is 3.07. The molecule has 0 saturated carbocycles. The summed E-state index contributed by atoms with van der Waals surface area (Å²) in [7, 11) is 2.31. The molecule has 4 nitrogen and oxygen atoms in total. The Morgan fingerprint density at radius 2 is 1.63 bits per heavy atom. The average molecular weight is 265 g/mol. The first-order chi connectivity index (χ1) is 9.20. The monoisotopic (exact) mass is 265 g/mol. The normalized spacial score (nSPS) is 50.8. The van der Waals surface area contributed by atoms with Gasteiger partial charge in [0, 0.05) is 37.3 Å². The molecular weight excluding hydrogens is 238 g/mol. The number of ether oxygens (including phenoxy) is 1. The molecule has 108 valence electrons. The van der Waals surface area contributed by atoms with Crippen molar-refractivity contribution >= 4 is 0 Å². The maximum Gasteiger partial charge on any atom is 0.0707 e. The second-order valence-electron chi connectivity index (χ2n) is 7.25. The van der Waals surface area contributed by atoms with Gasteiger partial charge in [-0.2, -0.15) is 0 Å². The van der Waals surface area contributed by atoms with Crippen molar-refractivity contribution in [3.05, 3.63) is 0 Å². The highest BCUT2D eigenvalue weighted by molar-refractivity contribution is 5.08. The van der Waals surface area contributed by atoms with Crippen LogP contribution in [0.1, 0.15) is 38.5 Å². The SMILES string of the molecule is CN1C2CCC1CC(CN)(N1CC3CCC(C1)O3)C2. The molecule has 0 aromatic rings. The minimum absolute atomic E-state index is 0.267. The number of likely N-dealkylation sites (tertiary alicyclic amines) is 1. The zero-order valence-corrected chi connectivity index (χ0v) is 12.1. The summed E-state index contributed by atoms with van der Waals surface area (Å²) < 4.78 is 6.01. The average Bonchev–Trinajstić information content (AvgIpc) is 2.86. The largest absolute Gasteiger partial charge is 0.372 e. The third-order valence-electron chi connectivity index (χ3n) is 6.31. The number of fused-ring (bicyclic) bond motifs is 4. The number of hydrogen-bond donors (Lipinski definition) is 1. The number of rotatable bonds is 2. The van der Waals surface area contributed by atoms with Gasteiger partial charge in [0.2, 0.25) is 0 Å². The fourth-order valence-electron chi connectivity index (χ4n) is 5.10. The Hall–Kier alpha value is -0.160. The Balaban J connectivity index is 1.57. The number of hydrogen-bond acceptors (Lipinski definition) is 4. The second kappa shape index (κ2) is 4.42. The molecule has 0 aliphatic carbocycles. The molecule has 0 aromatic carbocycles. The van der Waals surface area contributed by atoms with Crippen LogP contribution in [0.25, 0.3) is 0 Å². The number of nitrogens with two attached hydrogens (primary N) is 1. The Morgan fingerprint density at radius 1 is 1.05 bits per heavy atom. The van der Waals surface area contributed by atoms with E-state index in [0.717, 1.165) is 31.7 Å². The van der Waals surface area contributed by atoms with Crippen molar-refractivity contribution in [1.29, 1.82) is 0 Å². The lowest BCUT2D eigenvalue weighted by atomic mass is 9.81.